The van der Waals surface area contributed by atoms with Gasteiger partial charge >= 0.3 is 0 Å². The van der Waals surface area contributed by atoms with Crippen LogP contribution < -0.4 is 0 Å². The predicted octanol–water partition coefficient (Wildman–Crippen LogP) is 2.66. The van der Waals surface area contributed by atoms with Gasteiger partial charge in [0.25, 0.3) is 11.8 Å². The summed E-state index contributed by atoms with van der Waals surface area (Å²) < 4.78 is 3.64. The zero-order valence-corrected chi connectivity index (χ0v) is 18.6. The number of halogens is 1. The van der Waals surface area contributed by atoms with E-state index < -0.39 is 0 Å². The molecule has 3 aromatic rings. The summed E-state index contributed by atoms with van der Waals surface area (Å²) in [7, 11) is 3.40. The molecule has 0 atom stereocenters. The standard InChI is InChI=1S/C20H21BrN4O3S/c1-23(7-8-26)20(28)18-14-11-25(6-5-15(14)22-24(18)2)19(27)17-10-12-9-13(21)3-4-16(12)29-17/h3-4,9-10,26H,5-8,11H2,1-2H3. The number of thiophene rings is 1. The number of nitrogens with zero attached hydrogens (tertiary/aromatic N) is 4. The molecule has 0 aliphatic carbocycles. The predicted molar refractivity (Wildman–Crippen MR) is 115 cm³/mol. The maximum atomic E-state index is 13.2. The highest BCUT2D eigenvalue weighted by Crippen LogP contribution is 2.31. The van der Waals surface area contributed by atoms with Gasteiger partial charge in [-0.3, -0.25) is 14.3 Å². The van der Waals surface area contributed by atoms with Crippen LogP contribution >= 0.6 is 27.3 Å². The molecule has 3 heterocycles. The highest BCUT2D eigenvalue weighted by Gasteiger charge is 2.31. The lowest BCUT2D eigenvalue weighted by atomic mass is 10.0. The van der Waals surface area contributed by atoms with Gasteiger partial charge in [-0.1, -0.05) is 15.9 Å². The van der Waals surface area contributed by atoms with Gasteiger partial charge in [0.15, 0.2) is 0 Å². The minimum atomic E-state index is -0.198. The quantitative estimate of drug-likeness (QED) is 0.627. The molecule has 1 aliphatic heterocycles. The van der Waals surface area contributed by atoms with E-state index in [4.69, 9.17) is 5.11 Å². The van der Waals surface area contributed by atoms with Crippen LogP contribution in [0.15, 0.2) is 28.7 Å². The van der Waals surface area contributed by atoms with Gasteiger partial charge < -0.3 is 14.9 Å². The number of hydrogen-bond acceptors (Lipinski definition) is 5. The van der Waals surface area contributed by atoms with Crippen molar-refractivity contribution in [2.24, 2.45) is 7.05 Å². The molecule has 0 saturated heterocycles. The Morgan fingerprint density at radius 1 is 1.34 bits per heavy atom. The molecule has 1 N–H and O–H groups in total. The third-order valence-corrected chi connectivity index (χ3v) is 6.75. The van der Waals surface area contributed by atoms with Gasteiger partial charge in [-0.05, 0) is 29.7 Å². The maximum absolute atomic E-state index is 13.2. The number of likely N-dealkylation sites (N-methyl/N-ethyl adjacent to an activating group) is 1. The van der Waals surface area contributed by atoms with E-state index in [2.05, 4.69) is 21.0 Å². The van der Waals surface area contributed by atoms with Gasteiger partial charge in [0.1, 0.15) is 5.69 Å². The lowest BCUT2D eigenvalue weighted by Gasteiger charge is -2.27. The molecule has 7 nitrogen and oxygen atoms in total. The van der Waals surface area contributed by atoms with Crippen LogP contribution in [-0.4, -0.2) is 63.2 Å². The van der Waals surface area contributed by atoms with E-state index in [9.17, 15) is 9.59 Å². The summed E-state index contributed by atoms with van der Waals surface area (Å²) in [4.78, 5) is 29.9. The highest BCUT2D eigenvalue weighted by molar-refractivity contribution is 9.10. The lowest BCUT2D eigenvalue weighted by Crippen LogP contribution is -2.37. The molecule has 2 aromatic heterocycles. The SMILES string of the molecule is CN(CCO)C(=O)c1c2c(nn1C)CCN(C(=O)c1cc3cc(Br)ccc3s1)C2. The number of hydrogen-bond donors (Lipinski definition) is 1. The van der Waals surface area contributed by atoms with Gasteiger partial charge in [0.2, 0.25) is 0 Å². The second-order valence-electron chi connectivity index (χ2n) is 7.12. The summed E-state index contributed by atoms with van der Waals surface area (Å²) in [6, 6.07) is 7.90. The third-order valence-electron chi connectivity index (χ3n) is 5.16. The van der Waals surface area contributed by atoms with Crippen LogP contribution in [0, 0.1) is 0 Å². The van der Waals surface area contributed by atoms with Crippen LogP contribution in [-0.2, 0) is 20.0 Å². The van der Waals surface area contributed by atoms with Crippen molar-refractivity contribution in [2.75, 3.05) is 26.7 Å². The smallest absolute Gasteiger partial charge is 0.272 e. The molecule has 4 rings (SSSR count). The topological polar surface area (TPSA) is 78.7 Å². The molecule has 1 aliphatic rings. The number of carbonyl (C=O) groups is 2. The number of carbonyl (C=O) groups excluding carboxylic acids is 2. The molecule has 0 radical (unpaired) electrons. The first-order valence-corrected chi connectivity index (χ1v) is 10.9. The number of aliphatic hydroxyl groups is 1. The normalized spacial score (nSPS) is 13.6. The Morgan fingerprint density at radius 3 is 2.90 bits per heavy atom. The fraction of sp³-hybridized carbons (Fsp3) is 0.350. The maximum Gasteiger partial charge on any atom is 0.272 e. The zero-order valence-electron chi connectivity index (χ0n) is 16.2. The molecule has 152 valence electrons. The van der Waals surface area contributed by atoms with Gasteiger partial charge in [0, 0.05) is 48.3 Å². The summed E-state index contributed by atoms with van der Waals surface area (Å²) >= 11 is 4.95. The van der Waals surface area contributed by atoms with E-state index >= 15 is 0 Å². The van der Waals surface area contributed by atoms with Crippen molar-refractivity contribution in [1.82, 2.24) is 19.6 Å². The van der Waals surface area contributed by atoms with E-state index in [-0.39, 0.29) is 25.0 Å². The summed E-state index contributed by atoms with van der Waals surface area (Å²) in [6.07, 6.45) is 0.613. The van der Waals surface area contributed by atoms with Gasteiger partial charge in [0.05, 0.1) is 23.7 Å². The van der Waals surface area contributed by atoms with Crippen molar-refractivity contribution >= 4 is 49.2 Å². The average Bonchev–Trinajstić information content (AvgIpc) is 3.26. The largest absolute Gasteiger partial charge is 0.395 e. The molecule has 0 saturated carbocycles. The first-order valence-electron chi connectivity index (χ1n) is 9.28. The molecular formula is C20H21BrN4O3S. The van der Waals surface area contributed by atoms with Gasteiger partial charge in [-0.25, -0.2) is 0 Å². The Hall–Kier alpha value is -2.23. The second-order valence-corrected chi connectivity index (χ2v) is 9.12. The van der Waals surface area contributed by atoms with Crippen molar-refractivity contribution in [2.45, 2.75) is 13.0 Å². The Labute approximate surface area is 180 Å². The minimum Gasteiger partial charge on any atom is -0.395 e. The average molecular weight is 477 g/mol. The summed E-state index contributed by atoms with van der Waals surface area (Å²) in [5.41, 5.74) is 2.14. The first-order chi connectivity index (χ1) is 13.9. The fourth-order valence-electron chi connectivity index (χ4n) is 3.65. The molecule has 0 unspecified atom stereocenters. The van der Waals surface area contributed by atoms with Crippen LogP contribution in [0.2, 0.25) is 0 Å². The van der Waals surface area contributed by atoms with Gasteiger partial charge in [-0.2, -0.15) is 5.10 Å². The fourth-order valence-corrected chi connectivity index (χ4v) is 5.04. The number of amides is 2. The Kier molecular flexibility index (Phi) is 5.46. The number of aromatic nitrogens is 2. The summed E-state index contributed by atoms with van der Waals surface area (Å²) in [5.74, 6) is -0.227. The first kappa shape index (κ1) is 20.1. The van der Waals surface area contributed by atoms with Crippen molar-refractivity contribution in [3.05, 3.63) is 50.6 Å². The number of benzene rings is 1. The molecule has 0 bridgehead atoms. The van der Waals surface area contributed by atoms with E-state index in [1.165, 1.54) is 16.2 Å². The second kappa shape index (κ2) is 7.89. The molecular weight excluding hydrogens is 456 g/mol. The molecule has 0 spiro atoms. The summed E-state index contributed by atoms with van der Waals surface area (Å²) in [5, 5.41) is 14.7. The summed E-state index contributed by atoms with van der Waals surface area (Å²) in [6.45, 7) is 1.07. The van der Waals surface area contributed by atoms with Gasteiger partial charge in [-0.15, -0.1) is 11.3 Å². The van der Waals surface area contributed by atoms with Crippen molar-refractivity contribution < 1.29 is 14.7 Å². The van der Waals surface area contributed by atoms with E-state index in [0.717, 1.165) is 25.8 Å². The lowest BCUT2D eigenvalue weighted by molar-refractivity contribution is 0.0719. The molecule has 0 fully saturated rings. The number of aryl methyl sites for hydroxylation is 1. The zero-order chi connectivity index (χ0) is 20.7. The Morgan fingerprint density at radius 2 is 2.14 bits per heavy atom. The number of fused-ring (bicyclic) bond motifs is 2. The van der Waals surface area contributed by atoms with Crippen LogP contribution in [0.1, 0.15) is 31.4 Å². The van der Waals surface area contributed by atoms with Crippen LogP contribution in [0.25, 0.3) is 10.1 Å². The van der Waals surface area contributed by atoms with Crippen molar-refractivity contribution in [3.63, 3.8) is 0 Å². The number of rotatable bonds is 4. The Balaban J connectivity index is 1.62. The Bertz CT molecular complexity index is 1110. The highest BCUT2D eigenvalue weighted by atomic mass is 79.9. The van der Waals surface area contributed by atoms with Crippen molar-refractivity contribution in [3.8, 4) is 0 Å². The van der Waals surface area contributed by atoms with E-state index in [1.54, 1.807) is 23.7 Å². The van der Waals surface area contributed by atoms with E-state index in [0.29, 0.717) is 30.1 Å². The molecule has 9 heteroatoms. The molecule has 1 aromatic carbocycles. The van der Waals surface area contributed by atoms with Crippen molar-refractivity contribution in [1.29, 1.82) is 0 Å². The van der Waals surface area contributed by atoms with Crippen LogP contribution in [0.3, 0.4) is 0 Å². The monoisotopic (exact) mass is 476 g/mol. The van der Waals surface area contributed by atoms with E-state index in [1.807, 2.05) is 24.3 Å². The molecule has 29 heavy (non-hydrogen) atoms. The molecule has 2 amide bonds. The number of aliphatic hydroxyl groups excluding tert-OH is 1. The van der Waals surface area contributed by atoms with Crippen LogP contribution in [0.4, 0.5) is 0 Å². The van der Waals surface area contributed by atoms with Crippen LogP contribution in [0.5, 0.6) is 0 Å². The minimum absolute atomic E-state index is 0.0288. The third kappa shape index (κ3) is 3.70.